The molecule has 0 saturated carbocycles. The number of aliphatic imine (C=N–C) groups is 1. The molecule has 2 aliphatic heterocycles. The highest BCUT2D eigenvalue weighted by molar-refractivity contribution is 9.11. The molecule has 2 heterocycles. The largest absolute Gasteiger partial charge is 0.508 e. The Labute approximate surface area is 189 Å². The van der Waals surface area contributed by atoms with Crippen LogP contribution in [0.4, 0.5) is 11.4 Å². The van der Waals surface area contributed by atoms with Crippen molar-refractivity contribution in [3.63, 3.8) is 0 Å². The van der Waals surface area contributed by atoms with Crippen LogP contribution in [0, 0.1) is 0 Å². The Morgan fingerprint density at radius 2 is 1.34 bits per heavy atom. The third-order valence-electron chi connectivity index (χ3n) is 6.39. The molecule has 4 nitrogen and oxygen atoms in total. The van der Waals surface area contributed by atoms with Crippen molar-refractivity contribution >= 4 is 54.7 Å². The first kappa shape index (κ1) is 22.0. The second-order valence-electron chi connectivity index (χ2n) is 8.67. The Balaban J connectivity index is 0.000000166. The van der Waals surface area contributed by atoms with Gasteiger partial charge in [-0.2, -0.15) is 0 Å². The molecule has 0 radical (unpaired) electrons. The van der Waals surface area contributed by atoms with Gasteiger partial charge in [0.25, 0.3) is 0 Å². The molecule has 0 aromatic heterocycles. The monoisotopic (exact) mass is 521 g/mol. The summed E-state index contributed by atoms with van der Waals surface area (Å²) in [6.07, 6.45) is 0. The molecule has 2 aliphatic rings. The van der Waals surface area contributed by atoms with Crippen LogP contribution in [0.2, 0.25) is 0 Å². The number of phenolic OH excluding ortho intramolecular Hbond substituents is 2. The number of rotatable bonds is 0. The Bertz CT molecular complexity index is 1080. The minimum absolute atomic E-state index is 0.0993. The summed E-state index contributed by atoms with van der Waals surface area (Å²) in [5, 5.41) is 19.8. The molecule has 2 aromatic carbocycles. The fourth-order valence-electron chi connectivity index (χ4n) is 4.04. The highest BCUT2D eigenvalue weighted by Gasteiger charge is 2.45. The zero-order valence-electron chi connectivity index (χ0n) is 17.9. The van der Waals surface area contributed by atoms with Gasteiger partial charge >= 0.3 is 0 Å². The van der Waals surface area contributed by atoms with Crippen molar-refractivity contribution in [1.82, 2.24) is 0 Å². The van der Waals surface area contributed by atoms with Gasteiger partial charge in [-0.3, -0.25) is 4.99 Å². The summed E-state index contributed by atoms with van der Waals surface area (Å²) in [5.41, 5.74) is 5.90. The first-order chi connectivity index (χ1) is 13.3. The van der Waals surface area contributed by atoms with Crippen LogP contribution < -0.4 is 0 Å². The number of halogens is 2. The third kappa shape index (κ3) is 3.34. The van der Waals surface area contributed by atoms with E-state index in [1.807, 2.05) is 26.1 Å². The maximum Gasteiger partial charge on any atom is 0.227 e. The number of nitrogens with zero attached hydrogens (tertiary/aromatic N) is 2. The minimum Gasteiger partial charge on any atom is -0.508 e. The van der Waals surface area contributed by atoms with Gasteiger partial charge in [0.15, 0.2) is 5.71 Å². The van der Waals surface area contributed by atoms with E-state index in [0.717, 1.165) is 37.2 Å². The van der Waals surface area contributed by atoms with E-state index >= 15 is 0 Å². The lowest BCUT2D eigenvalue weighted by Gasteiger charge is -2.20. The van der Waals surface area contributed by atoms with Crippen molar-refractivity contribution in [3.05, 3.63) is 44.3 Å². The van der Waals surface area contributed by atoms with Crippen molar-refractivity contribution in [2.45, 2.75) is 52.4 Å². The second kappa shape index (κ2) is 7.24. The summed E-state index contributed by atoms with van der Waals surface area (Å²) in [4.78, 5) is 4.47. The summed E-state index contributed by atoms with van der Waals surface area (Å²) in [6.45, 7) is 12.5. The average Bonchev–Trinajstić information content (AvgIpc) is 2.99. The highest BCUT2D eigenvalue weighted by Crippen LogP contribution is 2.48. The average molecular weight is 523 g/mol. The van der Waals surface area contributed by atoms with Crippen molar-refractivity contribution < 1.29 is 14.8 Å². The fraction of sp³-hybridized carbons (Fsp3) is 0.391. The molecule has 0 aliphatic carbocycles. The van der Waals surface area contributed by atoms with Crippen molar-refractivity contribution in [1.29, 1.82) is 0 Å². The van der Waals surface area contributed by atoms with Gasteiger partial charge in [-0.25, -0.2) is 4.58 Å². The molecule has 0 unspecified atom stereocenters. The van der Waals surface area contributed by atoms with Gasteiger partial charge in [0.1, 0.15) is 18.5 Å². The lowest BCUT2D eigenvalue weighted by atomic mass is 9.82. The number of fused-ring (bicyclic) bond motifs is 2. The number of aromatic hydroxyl groups is 2. The van der Waals surface area contributed by atoms with Crippen LogP contribution >= 0.6 is 31.9 Å². The summed E-state index contributed by atoms with van der Waals surface area (Å²) >= 11 is 6.98. The summed E-state index contributed by atoms with van der Waals surface area (Å²) in [5.74, 6) is 0.704. The number of benzene rings is 2. The van der Waals surface area contributed by atoms with Crippen LogP contribution in [-0.2, 0) is 10.8 Å². The molecule has 4 rings (SSSR count). The Morgan fingerprint density at radius 1 is 0.828 bits per heavy atom. The Morgan fingerprint density at radius 3 is 1.86 bits per heavy atom. The van der Waals surface area contributed by atoms with Crippen molar-refractivity contribution in [2.75, 3.05) is 7.05 Å². The molecule has 0 spiro atoms. The molecule has 0 atom stereocenters. The van der Waals surface area contributed by atoms with E-state index in [4.69, 9.17) is 0 Å². The minimum atomic E-state index is -0.163. The van der Waals surface area contributed by atoms with E-state index in [0.29, 0.717) is 11.5 Å². The van der Waals surface area contributed by atoms with Gasteiger partial charge < -0.3 is 10.2 Å². The van der Waals surface area contributed by atoms with Crippen molar-refractivity contribution in [2.24, 2.45) is 4.99 Å². The standard InChI is InChI=1S/C12H14BrNO.C11H12BrNO/c1-7-12(2,3)10-9(15)6-5-8(13)11(10)14(7)4;1-6-11(2,3)9-8(14)5-4-7(12)10(9)13-6/h5-6H,1-4H3;4-5,14H,1-3H3/p+1. The SMILES string of the molecule is CC1=Nc2c(Br)ccc(O)c2C1(C)C.CC1=[N+](C)c2c(Br)ccc(O)c2C1(C)C. The topological polar surface area (TPSA) is 55.8 Å². The molecule has 0 amide bonds. The molecule has 0 saturated heterocycles. The molecule has 2 N–H and O–H groups in total. The molecule has 154 valence electrons. The third-order valence-corrected chi connectivity index (χ3v) is 7.67. The zero-order valence-corrected chi connectivity index (χ0v) is 21.0. The van der Waals surface area contributed by atoms with Crippen LogP contribution in [0.15, 0.2) is 38.2 Å². The van der Waals surface area contributed by atoms with Gasteiger partial charge in [0.2, 0.25) is 5.69 Å². The maximum atomic E-state index is 9.97. The van der Waals surface area contributed by atoms with E-state index in [1.54, 1.807) is 12.1 Å². The van der Waals surface area contributed by atoms with E-state index in [1.165, 1.54) is 5.71 Å². The van der Waals surface area contributed by atoms with Crippen LogP contribution in [0.25, 0.3) is 0 Å². The molecular formula is C23H27Br2N2O2+. The second-order valence-corrected chi connectivity index (χ2v) is 10.4. The van der Waals surface area contributed by atoms with E-state index in [9.17, 15) is 10.2 Å². The Hall–Kier alpha value is -1.66. The molecule has 0 fully saturated rings. The van der Waals surface area contributed by atoms with Gasteiger partial charge in [-0.1, -0.05) is 13.8 Å². The smallest absolute Gasteiger partial charge is 0.227 e. The molecule has 29 heavy (non-hydrogen) atoms. The van der Waals surface area contributed by atoms with E-state index < -0.39 is 0 Å². The van der Waals surface area contributed by atoms with E-state index in [2.05, 4.69) is 76.0 Å². The number of hydrogen-bond acceptors (Lipinski definition) is 3. The predicted molar refractivity (Wildman–Crippen MR) is 127 cm³/mol. The van der Waals surface area contributed by atoms with E-state index in [-0.39, 0.29) is 10.8 Å². The molecule has 6 heteroatoms. The number of phenols is 2. The summed E-state index contributed by atoms with van der Waals surface area (Å²) in [7, 11) is 2.03. The normalized spacial score (nSPS) is 18.0. The molecule has 0 bridgehead atoms. The highest BCUT2D eigenvalue weighted by atomic mass is 79.9. The van der Waals surface area contributed by atoms with Gasteiger partial charge in [-0.15, -0.1) is 0 Å². The maximum absolute atomic E-state index is 9.97. The summed E-state index contributed by atoms with van der Waals surface area (Å²) in [6, 6.07) is 7.17. The first-order valence-corrected chi connectivity index (χ1v) is 11.1. The predicted octanol–water partition coefficient (Wildman–Crippen LogP) is 6.72. The van der Waals surface area contributed by atoms with Crippen LogP contribution in [0.3, 0.4) is 0 Å². The van der Waals surface area contributed by atoms with Gasteiger partial charge in [-0.05, 0) is 76.9 Å². The number of hydrogen-bond donors (Lipinski definition) is 2. The van der Waals surface area contributed by atoms with Gasteiger partial charge in [0, 0.05) is 28.1 Å². The zero-order chi connectivity index (χ0) is 21.9. The summed E-state index contributed by atoms with van der Waals surface area (Å²) < 4.78 is 4.11. The van der Waals surface area contributed by atoms with Crippen LogP contribution in [0.5, 0.6) is 11.5 Å². The van der Waals surface area contributed by atoms with Gasteiger partial charge in [0.05, 0.1) is 21.1 Å². The fourth-order valence-corrected chi connectivity index (χ4v) is 5.05. The first-order valence-electron chi connectivity index (χ1n) is 9.49. The van der Waals surface area contributed by atoms with Crippen LogP contribution in [-0.4, -0.2) is 33.3 Å². The lowest BCUT2D eigenvalue weighted by Crippen LogP contribution is -2.25. The van der Waals surface area contributed by atoms with Crippen LogP contribution in [0.1, 0.15) is 52.7 Å². The quantitative estimate of drug-likeness (QED) is 0.377. The Kier molecular flexibility index (Phi) is 5.50. The molecule has 2 aromatic rings. The van der Waals surface area contributed by atoms with Crippen molar-refractivity contribution in [3.8, 4) is 11.5 Å². The lowest BCUT2D eigenvalue weighted by molar-refractivity contribution is -0.403. The molecular weight excluding hydrogens is 496 g/mol.